The van der Waals surface area contributed by atoms with Crippen LogP contribution in [0.2, 0.25) is 0 Å². The maximum Gasteiger partial charge on any atom is 0.286 e. The summed E-state index contributed by atoms with van der Waals surface area (Å²) in [5.74, 6) is -0.488. The first-order valence-corrected chi connectivity index (χ1v) is 8.04. The Labute approximate surface area is 155 Å². The summed E-state index contributed by atoms with van der Waals surface area (Å²) in [7, 11) is 1.36. The van der Waals surface area contributed by atoms with E-state index in [1.165, 1.54) is 20.1 Å². The van der Waals surface area contributed by atoms with Gasteiger partial charge in [0.15, 0.2) is 11.5 Å². The second-order valence-electron chi connectivity index (χ2n) is 5.42. The smallest absolute Gasteiger partial charge is 0.286 e. The number of ether oxygens (including phenoxy) is 2. The summed E-state index contributed by atoms with van der Waals surface area (Å²) in [6.07, 6.45) is 0. The Kier molecular flexibility index (Phi) is 6.32. The van der Waals surface area contributed by atoms with E-state index >= 15 is 0 Å². The fourth-order valence-electron chi connectivity index (χ4n) is 2.35. The molecule has 0 saturated carbocycles. The molecule has 2 aromatic carbocycles. The lowest BCUT2D eigenvalue weighted by Gasteiger charge is -2.12. The molecule has 27 heavy (non-hydrogen) atoms. The number of nitrogens with one attached hydrogen (secondary N) is 2. The molecule has 0 atom stereocenters. The van der Waals surface area contributed by atoms with Crippen molar-refractivity contribution >= 4 is 28.9 Å². The number of hydrogen-bond donors (Lipinski definition) is 2. The molecule has 142 valence electrons. The van der Waals surface area contributed by atoms with Crippen molar-refractivity contribution in [1.29, 1.82) is 0 Å². The standard InChI is InChI=1S/C18H19N3O6/c1-4-27-17-9-14(15(21(24)25)10-16(17)26-3)18(23)20-13-7-5-12(6-8-13)19-11(2)22/h5-10H,4H2,1-3H3,(H,19,22)(H,20,23). The van der Waals surface area contributed by atoms with Gasteiger partial charge in [0, 0.05) is 24.4 Å². The quantitative estimate of drug-likeness (QED) is 0.568. The lowest BCUT2D eigenvalue weighted by Crippen LogP contribution is -2.15. The number of carbonyl (C=O) groups excluding carboxylic acids is 2. The first-order chi connectivity index (χ1) is 12.8. The van der Waals surface area contributed by atoms with Gasteiger partial charge >= 0.3 is 0 Å². The van der Waals surface area contributed by atoms with Crippen LogP contribution in [-0.4, -0.2) is 30.5 Å². The maximum atomic E-state index is 12.6. The minimum absolute atomic E-state index is 0.157. The lowest BCUT2D eigenvalue weighted by molar-refractivity contribution is -0.385. The maximum absolute atomic E-state index is 12.6. The number of nitro benzene ring substituents is 1. The fourth-order valence-corrected chi connectivity index (χ4v) is 2.35. The highest BCUT2D eigenvalue weighted by Crippen LogP contribution is 2.35. The molecule has 0 saturated heterocycles. The van der Waals surface area contributed by atoms with Crippen molar-refractivity contribution in [1.82, 2.24) is 0 Å². The zero-order valence-electron chi connectivity index (χ0n) is 15.1. The molecule has 0 aliphatic carbocycles. The van der Waals surface area contributed by atoms with Gasteiger partial charge in [0.05, 0.1) is 24.7 Å². The molecule has 0 radical (unpaired) electrons. The minimum Gasteiger partial charge on any atom is -0.493 e. The van der Waals surface area contributed by atoms with Crippen molar-refractivity contribution in [3.05, 3.63) is 52.1 Å². The summed E-state index contributed by atoms with van der Waals surface area (Å²) in [6, 6.07) is 8.78. The second-order valence-corrected chi connectivity index (χ2v) is 5.42. The van der Waals surface area contributed by atoms with Crippen LogP contribution in [0.1, 0.15) is 24.2 Å². The molecule has 2 aromatic rings. The van der Waals surface area contributed by atoms with Gasteiger partial charge in [-0.2, -0.15) is 0 Å². The van der Waals surface area contributed by atoms with Crippen molar-refractivity contribution in [2.24, 2.45) is 0 Å². The first kappa shape index (κ1) is 19.7. The van der Waals surface area contributed by atoms with Gasteiger partial charge in [-0.1, -0.05) is 0 Å². The number of methoxy groups -OCH3 is 1. The number of carbonyl (C=O) groups is 2. The molecular formula is C18H19N3O6. The van der Waals surface area contributed by atoms with E-state index in [9.17, 15) is 19.7 Å². The summed E-state index contributed by atoms with van der Waals surface area (Å²) >= 11 is 0. The minimum atomic E-state index is -0.669. The van der Waals surface area contributed by atoms with Crippen molar-refractivity contribution in [2.45, 2.75) is 13.8 Å². The predicted octanol–water partition coefficient (Wildman–Crippen LogP) is 3.21. The molecular weight excluding hydrogens is 354 g/mol. The largest absolute Gasteiger partial charge is 0.493 e. The van der Waals surface area contributed by atoms with E-state index in [-0.39, 0.29) is 23.0 Å². The average molecular weight is 373 g/mol. The molecule has 0 heterocycles. The summed E-state index contributed by atoms with van der Waals surface area (Å²) < 4.78 is 10.5. The average Bonchev–Trinajstić information content (AvgIpc) is 2.62. The SMILES string of the molecule is CCOc1cc(C(=O)Nc2ccc(NC(C)=O)cc2)c([N+](=O)[O-])cc1OC. The van der Waals surface area contributed by atoms with E-state index in [0.29, 0.717) is 18.0 Å². The van der Waals surface area contributed by atoms with Crippen LogP contribution >= 0.6 is 0 Å². The topological polar surface area (TPSA) is 120 Å². The Morgan fingerprint density at radius 3 is 2.15 bits per heavy atom. The van der Waals surface area contributed by atoms with Crippen molar-refractivity contribution in [3.63, 3.8) is 0 Å². The number of nitrogens with zero attached hydrogens (tertiary/aromatic N) is 1. The van der Waals surface area contributed by atoms with Gasteiger partial charge in [-0.3, -0.25) is 19.7 Å². The van der Waals surface area contributed by atoms with Crippen LogP contribution in [0.3, 0.4) is 0 Å². The van der Waals surface area contributed by atoms with Gasteiger partial charge in [0.25, 0.3) is 11.6 Å². The molecule has 0 bridgehead atoms. The van der Waals surface area contributed by atoms with Gasteiger partial charge in [-0.05, 0) is 31.2 Å². The van der Waals surface area contributed by atoms with E-state index < -0.39 is 16.5 Å². The summed E-state index contributed by atoms with van der Waals surface area (Å²) in [5.41, 5.74) is 0.421. The summed E-state index contributed by atoms with van der Waals surface area (Å²) in [6.45, 7) is 3.44. The molecule has 0 spiro atoms. The zero-order valence-corrected chi connectivity index (χ0v) is 15.1. The molecule has 0 aromatic heterocycles. The van der Waals surface area contributed by atoms with Crippen LogP contribution < -0.4 is 20.1 Å². The molecule has 2 amide bonds. The number of anilines is 2. The monoisotopic (exact) mass is 373 g/mol. The van der Waals surface area contributed by atoms with Crippen LogP contribution in [0.4, 0.5) is 17.1 Å². The van der Waals surface area contributed by atoms with Crippen LogP contribution in [-0.2, 0) is 4.79 Å². The fraction of sp³-hybridized carbons (Fsp3) is 0.222. The van der Waals surface area contributed by atoms with Crippen LogP contribution in [0, 0.1) is 10.1 Å². The third-order valence-electron chi connectivity index (χ3n) is 3.49. The van der Waals surface area contributed by atoms with Crippen LogP contribution in [0.5, 0.6) is 11.5 Å². The lowest BCUT2D eigenvalue weighted by atomic mass is 10.1. The Morgan fingerprint density at radius 2 is 1.67 bits per heavy atom. The molecule has 0 fully saturated rings. The molecule has 0 unspecified atom stereocenters. The number of benzene rings is 2. The number of rotatable bonds is 7. The van der Waals surface area contributed by atoms with Gasteiger partial charge in [0.1, 0.15) is 5.56 Å². The molecule has 9 nitrogen and oxygen atoms in total. The third-order valence-corrected chi connectivity index (χ3v) is 3.49. The molecule has 0 aliphatic heterocycles. The molecule has 0 aliphatic rings. The Bertz CT molecular complexity index is 864. The highest BCUT2D eigenvalue weighted by atomic mass is 16.6. The highest BCUT2D eigenvalue weighted by molar-refractivity contribution is 6.07. The Morgan fingerprint density at radius 1 is 1.07 bits per heavy atom. The molecule has 2 rings (SSSR count). The van der Waals surface area contributed by atoms with E-state index in [0.717, 1.165) is 6.07 Å². The third kappa shape index (κ3) is 4.94. The van der Waals surface area contributed by atoms with Crippen molar-refractivity contribution in [2.75, 3.05) is 24.4 Å². The van der Waals surface area contributed by atoms with E-state index in [2.05, 4.69) is 10.6 Å². The Balaban J connectivity index is 2.32. The number of nitro groups is 1. The molecule has 2 N–H and O–H groups in total. The van der Waals surface area contributed by atoms with Crippen LogP contribution in [0.25, 0.3) is 0 Å². The Hall–Kier alpha value is -3.62. The van der Waals surface area contributed by atoms with Crippen molar-refractivity contribution < 1.29 is 24.0 Å². The van der Waals surface area contributed by atoms with Gasteiger partial charge < -0.3 is 20.1 Å². The van der Waals surface area contributed by atoms with E-state index in [4.69, 9.17) is 9.47 Å². The number of amides is 2. The van der Waals surface area contributed by atoms with E-state index in [1.54, 1.807) is 31.2 Å². The number of hydrogen-bond acceptors (Lipinski definition) is 6. The zero-order chi connectivity index (χ0) is 20.0. The van der Waals surface area contributed by atoms with Gasteiger partial charge in [-0.15, -0.1) is 0 Å². The highest BCUT2D eigenvalue weighted by Gasteiger charge is 2.24. The van der Waals surface area contributed by atoms with Gasteiger partial charge in [0.2, 0.25) is 5.91 Å². The van der Waals surface area contributed by atoms with Crippen LogP contribution in [0.15, 0.2) is 36.4 Å². The second kappa shape index (κ2) is 8.65. The predicted molar refractivity (Wildman–Crippen MR) is 99.5 cm³/mol. The van der Waals surface area contributed by atoms with Crippen molar-refractivity contribution in [3.8, 4) is 11.5 Å². The summed E-state index contributed by atoms with van der Waals surface area (Å²) in [5, 5.41) is 16.5. The molecule has 9 heteroatoms. The van der Waals surface area contributed by atoms with Gasteiger partial charge in [-0.25, -0.2) is 0 Å². The summed E-state index contributed by atoms with van der Waals surface area (Å²) in [4.78, 5) is 34.3. The van der Waals surface area contributed by atoms with E-state index in [1.807, 2.05) is 0 Å². The normalized spacial score (nSPS) is 10.0. The first-order valence-electron chi connectivity index (χ1n) is 8.04.